The van der Waals surface area contributed by atoms with Gasteiger partial charge in [-0.2, -0.15) is 0 Å². The minimum atomic E-state index is 0.100. The highest BCUT2D eigenvalue weighted by Crippen LogP contribution is 2.25. The van der Waals surface area contributed by atoms with Gasteiger partial charge in [0.2, 0.25) is 0 Å². The van der Waals surface area contributed by atoms with E-state index in [1.54, 1.807) is 0 Å². The van der Waals surface area contributed by atoms with Crippen LogP contribution in [0.4, 0.5) is 5.82 Å². The van der Waals surface area contributed by atoms with Crippen molar-refractivity contribution >= 4 is 5.82 Å². The molecule has 4 nitrogen and oxygen atoms in total. The number of aromatic nitrogens is 2. The van der Waals surface area contributed by atoms with E-state index >= 15 is 0 Å². The molecule has 0 aliphatic rings. The second kappa shape index (κ2) is 5.45. The molecular weight excluding hydrogens is 212 g/mol. The molecule has 1 aromatic rings. The third-order valence-corrected chi connectivity index (χ3v) is 3.42. The van der Waals surface area contributed by atoms with Gasteiger partial charge in [0.25, 0.3) is 0 Å². The molecule has 1 heterocycles. The van der Waals surface area contributed by atoms with Crippen molar-refractivity contribution in [2.45, 2.75) is 46.2 Å². The van der Waals surface area contributed by atoms with Crippen LogP contribution in [-0.2, 0) is 6.54 Å². The molecule has 0 saturated carbocycles. The molecule has 1 N–H and O–H groups in total. The Hall–Kier alpha value is -1.16. The largest absolute Gasteiger partial charge is 0.354 e. The van der Waals surface area contributed by atoms with Gasteiger partial charge in [-0.1, -0.05) is 6.92 Å². The fourth-order valence-corrected chi connectivity index (χ4v) is 1.61. The van der Waals surface area contributed by atoms with Crippen LogP contribution in [0.2, 0.25) is 0 Å². The minimum absolute atomic E-state index is 0.100. The van der Waals surface area contributed by atoms with Gasteiger partial charge in [-0.3, -0.25) is 0 Å². The number of hydrogen-bond donors (Lipinski definition) is 1. The topological polar surface area (TPSA) is 41.1 Å². The fraction of sp³-hybridized carbons (Fsp3) is 0.692. The van der Waals surface area contributed by atoms with E-state index in [1.807, 2.05) is 20.2 Å². The molecule has 0 atom stereocenters. The van der Waals surface area contributed by atoms with E-state index in [1.165, 1.54) is 0 Å². The predicted octanol–water partition coefficient (Wildman–Crippen LogP) is 2.13. The summed E-state index contributed by atoms with van der Waals surface area (Å²) in [5.41, 5.74) is 1.24. The predicted molar refractivity (Wildman–Crippen MR) is 72.3 cm³/mol. The van der Waals surface area contributed by atoms with E-state index in [4.69, 9.17) is 0 Å². The Morgan fingerprint density at radius 2 is 2.06 bits per heavy atom. The Kier molecular flexibility index (Phi) is 4.46. The van der Waals surface area contributed by atoms with Gasteiger partial charge in [0.05, 0.1) is 0 Å². The molecule has 0 aromatic carbocycles. The SMILES string of the molecule is CCC(C)(C)N(C)c1nc(C)ncc1CNC. The third kappa shape index (κ3) is 3.16. The fourth-order valence-electron chi connectivity index (χ4n) is 1.61. The van der Waals surface area contributed by atoms with Gasteiger partial charge in [0, 0.05) is 30.9 Å². The lowest BCUT2D eigenvalue weighted by Gasteiger charge is -2.37. The molecule has 0 saturated heterocycles. The first kappa shape index (κ1) is 13.9. The third-order valence-electron chi connectivity index (χ3n) is 3.42. The van der Waals surface area contributed by atoms with E-state index < -0.39 is 0 Å². The van der Waals surface area contributed by atoms with Crippen molar-refractivity contribution in [3.8, 4) is 0 Å². The lowest BCUT2D eigenvalue weighted by atomic mass is 9.99. The zero-order valence-corrected chi connectivity index (χ0v) is 11.8. The van der Waals surface area contributed by atoms with Gasteiger partial charge in [0.1, 0.15) is 11.6 Å². The van der Waals surface area contributed by atoms with Crippen LogP contribution in [0, 0.1) is 6.92 Å². The van der Waals surface area contributed by atoms with Crippen molar-refractivity contribution in [3.63, 3.8) is 0 Å². The van der Waals surface area contributed by atoms with Crippen molar-refractivity contribution in [1.82, 2.24) is 15.3 Å². The van der Waals surface area contributed by atoms with Gasteiger partial charge >= 0.3 is 0 Å². The van der Waals surface area contributed by atoms with Crippen LogP contribution in [0.1, 0.15) is 38.6 Å². The summed E-state index contributed by atoms with van der Waals surface area (Å²) in [5.74, 6) is 1.84. The molecule has 0 aliphatic heterocycles. The Labute approximate surface area is 104 Å². The summed E-state index contributed by atoms with van der Waals surface area (Å²) in [4.78, 5) is 11.1. The van der Waals surface area contributed by atoms with Crippen LogP contribution in [-0.4, -0.2) is 29.6 Å². The Morgan fingerprint density at radius 1 is 1.41 bits per heavy atom. The van der Waals surface area contributed by atoms with E-state index in [-0.39, 0.29) is 5.54 Å². The number of aryl methyl sites for hydroxylation is 1. The average molecular weight is 236 g/mol. The Bertz CT molecular complexity index is 374. The second-order valence-electron chi connectivity index (χ2n) is 5.02. The monoisotopic (exact) mass is 236 g/mol. The normalized spacial score (nSPS) is 11.6. The molecule has 0 radical (unpaired) electrons. The van der Waals surface area contributed by atoms with E-state index in [2.05, 4.69) is 48.0 Å². The Morgan fingerprint density at radius 3 is 2.59 bits per heavy atom. The number of nitrogens with zero attached hydrogens (tertiary/aromatic N) is 3. The molecule has 0 bridgehead atoms. The van der Waals surface area contributed by atoms with E-state index in [0.29, 0.717) is 0 Å². The van der Waals surface area contributed by atoms with Crippen LogP contribution < -0.4 is 10.2 Å². The molecule has 0 aliphatic carbocycles. The molecule has 17 heavy (non-hydrogen) atoms. The Balaban J connectivity index is 3.14. The second-order valence-corrected chi connectivity index (χ2v) is 5.02. The molecule has 1 aromatic heterocycles. The summed E-state index contributed by atoms with van der Waals surface area (Å²) in [6.45, 7) is 9.38. The number of rotatable bonds is 5. The van der Waals surface area contributed by atoms with Crippen LogP contribution in [0.15, 0.2) is 6.20 Å². The zero-order valence-electron chi connectivity index (χ0n) is 11.8. The van der Waals surface area contributed by atoms with Crippen LogP contribution >= 0.6 is 0 Å². The standard InChI is InChI=1S/C13H24N4/c1-7-13(3,4)17(6)12-11(8-14-5)9-15-10(2)16-12/h9,14H,7-8H2,1-6H3. The molecule has 4 heteroatoms. The van der Waals surface area contributed by atoms with Gasteiger partial charge in [-0.15, -0.1) is 0 Å². The summed E-state index contributed by atoms with van der Waals surface area (Å²) in [5, 5.41) is 3.16. The highest BCUT2D eigenvalue weighted by molar-refractivity contribution is 5.47. The maximum Gasteiger partial charge on any atom is 0.136 e. The average Bonchev–Trinajstić information content (AvgIpc) is 2.30. The summed E-state index contributed by atoms with van der Waals surface area (Å²) in [7, 11) is 4.04. The first-order chi connectivity index (χ1) is 7.92. The summed E-state index contributed by atoms with van der Waals surface area (Å²) in [6, 6.07) is 0. The highest BCUT2D eigenvalue weighted by Gasteiger charge is 2.24. The van der Waals surface area contributed by atoms with Crippen molar-refractivity contribution in [1.29, 1.82) is 0 Å². The molecule has 0 unspecified atom stereocenters. The van der Waals surface area contributed by atoms with E-state index in [0.717, 1.165) is 30.2 Å². The maximum absolute atomic E-state index is 4.58. The molecule has 0 spiro atoms. The lowest BCUT2D eigenvalue weighted by Crippen LogP contribution is -2.42. The summed E-state index contributed by atoms with van der Waals surface area (Å²) in [6.07, 6.45) is 2.99. The number of nitrogens with one attached hydrogen (secondary N) is 1. The van der Waals surface area contributed by atoms with Crippen molar-refractivity contribution < 1.29 is 0 Å². The molecular formula is C13H24N4. The molecule has 0 fully saturated rings. The van der Waals surface area contributed by atoms with Crippen molar-refractivity contribution in [3.05, 3.63) is 17.6 Å². The van der Waals surface area contributed by atoms with Crippen molar-refractivity contribution in [2.24, 2.45) is 0 Å². The molecule has 0 amide bonds. The maximum atomic E-state index is 4.58. The molecule has 96 valence electrons. The minimum Gasteiger partial charge on any atom is -0.354 e. The highest BCUT2D eigenvalue weighted by atomic mass is 15.2. The first-order valence-electron chi connectivity index (χ1n) is 6.13. The van der Waals surface area contributed by atoms with Gasteiger partial charge in [-0.05, 0) is 34.2 Å². The van der Waals surface area contributed by atoms with Gasteiger partial charge < -0.3 is 10.2 Å². The van der Waals surface area contributed by atoms with Crippen LogP contribution in [0.5, 0.6) is 0 Å². The number of hydrogen-bond acceptors (Lipinski definition) is 4. The van der Waals surface area contributed by atoms with Crippen LogP contribution in [0.3, 0.4) is 0 Å². The van der Waals surface area contributed by atoms with Gasteiger partial charge in [-0.25, -0.2) is 9.97 Å². The summed E-state index contributed by atoms with van der Waals surface area (Å²) < 4.78 is 0. The smallest absolute Gasteiger partial charge is 0.136 e. The summed E-state index contributed by atoms with van der Waals surface area (Å²) >= 11 is 0. The van der Waals surface area contributed by atoms with Gasteiger partial charge in [0.15, 0.2) is 0 Å². The zero-order chi connectivity index (χ0) is 13.1. The molecule has 1 rings (SSSR count). The van der Waals surface area contributed by atoms with Crippen LogP contribution in [0.25, 0.3) is 0 Å². The quantitative estimate of drug-likeness (QED) is 0.850. The number of anilines is 1. The van der Waals surface area contributed by atoms with Crippen molar-refractivity contribution in [2.75, 3.05) is 19.0 Å². The van der Waals surface area contributed by atoms with E-state index in [9.17, 15) is 0 Å². The first-order valence-corrected chi connectivity index (χ1v) is 6.13. The lowest BCUT2D eigenvalue weighted by molar-refractivity contribution is 0.465.